The first-order valence-electron chi connectivity index (χ1n) is 7.17. The van der Waals surface area contributed by atoms with Gasteiger partial charge in [-0.3, -0.25) is 0 Å². The van der Waals surface area contributed by atoms with Gasteiger partial charge in [-0.2, -0.15) is 0 Å². The normalized spacial score (nSPS) is 24.8. The highest BCUT2D eigenvalue weighted by molar-refractivity contribution is 5.25. The van der Waals surface area contributed by atoms with Crippen molar-refractivity contribution < 1.29 is 4.42 Å². The molecule has 2 unspecified atom stereocenters. The van der Waals surface area contributed by atoms with Gasteiger partial charge in [0.2, 0.25) is 5.89 Å². The Bertz CT molecular complexity index is 410. The molecule has 1 aliphatic heterocycles. The number of nitrogens with one attached hydrogen (secondary N) is 1. The number of hydrogen-bond donors (Lipinski definition) is 1. The predicted molar refractivity (Wildman–Crippen MR) is 76.0 cm³/mol. The van der Waals surface area contributed by atoms with Crippen LogP contribution in [0, 0.1) is 11.8 Å². The first-order chi connectivity index (χ1) is 8.85. The summed E-state index contributed by atoms with van der Waals surface area (Å²) in [6.45, 7) is 13.6. The zero-order chi connectivity index (χ0) is 14.0. The largest absolute Gasteiger partial charge is 0.407 e. The van der Waals surface area contributed by atoms with E-state index in [1.807, 2.05) is 0 Å². The van der Waals surface area contributed by atoms with Gasteiger partial charge in [0, 0.05) is 18.6 Å². The highest BCUT2D eigenvalue weighted by atomic mass is 16.4. The van der Waals surface area contributed by atoms with Crippen LogP contribution in [0.3, 0.4) is 0 Å². The van der Waals surface area contributed by atoms with Gasteiger partial charge in [-0.25, -0.2) is 0 Å². The van der Waals surface area contributed by atoms with Crippen LogP contribution in [0.5, 0.6) is 0 Å². The minimum atomic E-state index is 0.0592. The summed E-state index contributed by atoms with van der Waals surface area (Å²) in [7, 11) is 0. The van der Waals surface area contributed by atoms with Gasteiger partial charge in [-0.15, -0.1) is 5.10 Å². The van der Waals surface area contributed by atoms with E-state index in [1.165, 1.54) is 6.42 Å². The predicted octanol–water partition coefficient (Wildman–Crippen LogP) is 2.44. The maximum atomic E-state index is 5.74. The first kappa shape index (κ1) is 14.3. The molecule has 1 aromatic rings. The topological polar surface area (TPSA) is 54.2 Å². The van der Waals surface area contributed by atoms with Crippen molar-refractivity contribution in [1.82, 2.24) is 15.5 Å². The van der Waals surface area contributed by atoms with Gasteiger partial charge >= 0.3 is 6.01 Å². The molecule has 5 heteroatoms. The second-order valence-corrected chi connectivity index (χ2v) is 6.77. The number of aromatic nitrogens is 2. The second kappa shape index (κ2) is 5.49. The Morgan fingerprint density at radius 2 is 2.00 bits per heavy atom. The fraction of sp³-hybridized carbons (Fsp3) is 0.857. The molecule has 1 aromatic heterocycles. The minimum absolute atomic E-state index is 0.0592. The summed E-state index contributed by atoms with van der Waals surface area (Å²) < 4.78 is 5.74. The average Bonchev–Trinajstić information content (AvgIpc) is 2.78. The van der Waals surface area contributed by atoms with Crippen LogP contribution in [-0.4, -0.2) is 28.8 Å². The summed E-state index contributed by atoms with van der Waals surface area (Å²) in [6.07, 6.45) is 1.19. The van der Waals surface area contributed by atoms with Gasteiger partial charge in [0.15, 0.2) is 0 Å². The molecular weight excluding hydrogens is 240 g/mol. The molecule has 2 atom stereocenters. The van der Waals surface area contributed by atoms with Gasteiger partial charge in [0.1, 0.15) is 0 Å². The standard InChI is InChI=1S/C14H26N4O/c1-10-6-7-18(9-11(10)2)13-17-16-12(19-13)8-15-14(3,4)5/h10-11,15H,6-9H2,1-5H3. The molecule has 1 saturated heterocycles. The summed E-state index contributed by atoms with van der Waals surface area (Å²) in [4.78, 5) is 2.21. The van der Waals surface area contributed by atoms with E-state index in [0.29, 0.717) is 24.4 Å². The van der Waals surface area contributed by atoms with Crippen molar-refractivity contribution in [3.8, 4) is 0 Å². The third-order valence-corrected chi connectivity index (χ3v) is 3.83. The number of piperidine rings is 1. The zero-order valence-electron chi connectivity index (χ0n) is 12.7. The maximum Gasteiger partial charge on any atom is 0.318 e. The second-order valence-electron chi connectivity index (χ2n) is 6.77. The first-order valence-corrected chi connectivity index (χ1v) is 7.17. The van der Waals surface area contributed by atoms with E-state index in [-0.39, 0.29) is 5.54 Å². The Hall–Kier alpha value is -1.10. The molecule has 1 N–H and O–H groups in total. The van der Waals surface area contributed by atoms with Gasteiger partial charge in [0.25, 0.3) is 0 Å². The Morgan fingerprint density at radius 3 is 2.63 bits per heavy atom. The van der Waals surface area contributed by atoms with Crippen LogP contribution in [0.25, 0.3) is 0 Å². The van der Waals surface area contributed by atoms with Crippen molar-refractivity contribution in [2.75, 3.05) is 18.0 Å². The molecule has 1 aliphatic rings. The fourth-order valence-corrected chi connectivity index (χ4v) is 2.22. The minimum Gasteiger partial charge on any atom is -0.407 e. The summed E-state index contributed by atoms with van der Waals surface area (Å²) in [5.41, 5.74) is 0.0592. The van der Waals surface area contributed by atoms with Crippen molar-refractivity contribution in [2.24, 2.45) is 11.8 Å². The molecule has 108 valence electrons. The summed E-state index contributed by atoms with van der Waals surface area (Å²) in [5.74, 6) is 2.12. The number of nitrogens with zero attached hydrogens (tertiary/aromatic N) is 3. The van der Waals surface area contributed by atoms with Gasteiger partial charge in [-0.05, 0) is 39.0 Å². The molecule has 0 spiro atoms. The van der Waals surface area contributed by atoms with E-state index in [2.05, 4.69) is 55.0 Å². The van der Waals surface area contributed by atoms with Gasteiger partial charge in [-0.1, -0.05) is 18.9 Å². The van der Waals surface area contributed by atoms with E-state index in [4.69, 9.17) is 4.42 Å². The van der Waals surface area contributed by atoms with Crippen molar-refractivity contribution in [3.05, 3.63) is 5.89 Å². The highest BCUT2D eigenvalue weighted by Crippen LogP contribution is 2.26. The number of rotatable bonds is 3. The SMILES string of the molecule is CC1CCN(c2nnc(CNC(C)(C)C)o2)CC1C. The van der Waals surface area contributed by atoms with Crippen molar-refractivity contribution in [2.45, 2.75) is 53.1 Å². The molecule has 0 aromatic carbocycles. The molecule has 1 fully saturated rings. The zero-order valence-corrected chi connectivity index (χ0v) is 12.7. The lowest BCUT2D eigenvalue weighted by Crippen LogP contribution is -2.38. The quantitative estimate of drug-likeness (QED) is 0.910. The maximum absolute atomic E-state index is 5.74. The Balaban J connectivity index is 1.93. The molecular formula is C14H26N4O. The highest BCUT2D eigenvalue weighted by Gasteiger charge is 2.26. The van der Waals surface area contributed by atoms with E-state index in [9.17, 15) is 0 Å². The van der Waals surface area contributed by atoms with Crippen LogP contribution in [0.2, 0.25) is 0 Å². The molecule has 0 bridgehead atoms. The summed E-state index contributed by atoms with van der Waals surface area (Å²) in [5, 5.41) is 11.6. The van der Waals surface area contributed by atoms with Crippen molar-refractivity contribution in [3.63, 3.8) is 0 Å². The van der Waals surface area contributed by atoms with Crippen LogP contribution in [0.1, 0.15) is 46.9 Å². The van der Waals surface area contributed by atoms with Crippen LogP contribution in [-0.2, 0) is 6.54 Å². The van der Waals surface area contributed by atoms with Crippen LogP contribution >= 0.6 is 0 Å². The summed E-state index contributed by atoms with van der Waals surface area (Å²) >= 11 is 0. The average molecular weight is 266 g/mol. The van der Waals surface area contributed by atoms with Crippen molar-refractivity contribution in [1.29, 1.82) is 0 Å². The fourth-order valence-electron chi connectivity index (χ4n) is 2.22. The van der Waals surface area contributed by atoms with Gasteiger partial charge < -0.3 is 14.6 Å². The van der Waals surface area contributed by atoms with Crippen LogP contribution in [0.15, 0.2) is 4.42 Å². The van der Waals surface area contributed by atoms with Crippen LogP contribution < -0.4 is 10.2 Å². The Kier molecular flexibility index (Phi) is 4.13. The molecule has 2 rings (SSSR count). The lowest BCUT2D eigenvalue weighted by atomic mass is 9.89. The number of anilines is 1. The van der Waals surface area contributed by atoms with E-state index < -0.39 is 0 Å². The molecule has 0 amide bonds. The molecule has 5 nitrogen and oxygen atoms in total. The third-order valence-electron chi connectivity index (χ3n) is 3.83. The molecule has 0 saturated carbocycles. The monoisotopic (exact) mass is 266 g/mol. The lowest BCUT2D eigenvalue weighted by Gasteiger charge is -2.33. The lowest BCUT2D eigenvalue weighted by molar-refractivity contribution is 0.309. The Morgan fingerprint density at radius 1 is 1.26 bits per heavy atom. The molecule has 2 heterocycles. The third kappa shape index (κ3) is 3.93. The molecule has 19 heavy (non-hydrogen) atoms. The summed E-state index contributed by atoms with van der Waals surface area (Å²) in [6, 6.07) is 0.671. The van der Waals surface area contributed by atoms with E-state index in [1.54, 1.807) is 0 Å². The van der Waals surface area contributed by atoms with Crippen LogP contribution in [0.4, 0.5) is 6.01 Å². The number of hydrogen-bond acceptors (Lipinski definition) is 5. The van der Waals surface area contributed by atoms with Gasteiger partial charge in [0.05, 0.1) is 6.54 Å². The smallest absolute Gasteiger partial charge is 0.318 e. The molecule has 0 radical (unpaired) electrons. The van der Waals surface area contributed by atoms with E-state index in [0.717, 1.165) is 19.0 Å². The molecule has 0 aliphatic carbocycles. The van der Waals surface area contributed by atoms with Crippen molar-refractivity contribution >= 4 is 6.01 Å². The van der Waals surface area contributed by atoms with E-state index >= 15 is 0 Å². The Labute approximate surface area is 115 Å².